The molecule has 0 saturated carbocycles. The lowest BCUT2D eigenvalue weighted by Crippen LogP contribution is -2.02. The van der Waals surface area contributed by atoms with E-state index in [0.717, 1.165) is 28.7 Å². The van der Waals surface area contributed by atoms with Gasteiger partial charge in [0.15, 0.2) is 0 Å². The van der Waals surface area contributed by atoms with Gasteiger partial charge in [-0.1, -0.05) is 113 Å². The molecule has 0 saturated heterocycles. The first-order valence-corrected chi connectivity index (χ1v) is 11.8. The molecule has 3 heteroatoms. The van der Waals surface area contributed by atoms with Crippen LogP contribution in [0.2, 0.25) is 0 Å². The number of hydrogen-bond donors (Lipinski definition) is 0. The quantitative estimate of drug-likeness (QED) is 0.274. The van der Waals surface area contributed by atoms with Crippen LogP contribution >= 0.6 is 15.9 Å². The molecule has 0 bridgehead atoms. The van der Waals surface area contributed by atoms with Crippen molar-refractivity contribution in [2.45, 2.75) is 64.7 Å². The van der Waals surface area contributed by atoms with Crippen molar-refractivity contribution >= 4 is 15.9 Å². The van der Waals surface area contributed by atoms with E-state index in [0.29, 0.717) is 0 Å². The molecule has 3 rings (SSSR count). The molecule has 2 aromatic carbocycles. The third-order valence-corrected chi connectivity index (χ3v) is 5.95. The van der Waals surface area contributed by atoms with Crippen molar-refractivity contribution in [3.05, 3.63) is 71.0 Å². The van der Waals surface area contributed by atoms with Crippen molar-refractivity contribution in [1.29, 1.82) is 0 Å². The lowest BCUT2D eigenvalue weighted by Gasteiger charge is -2.15. The third-order valence-electron chi connectivity index (χ3n) is 5.40. The molecule has 0 atom stereocenters. The molecule has 0 aliphatic carbocycles. The summed E-state index contributed by atoms with van der Waals surface area (Å²) in [5.74, 6) is 0. The first kappa shape index (κ1) is 21.7. The maximum Gasteiger partial charge on any atom is 0.137 e. The van der Waals surface area contributed by atoms with Gasteiger partial charge in [0.25, 0.3) is 0 Å². The van der Waals surface area contributed by atoms with E-state index in [4.69, 9.17) is 0 Å². The summed E-state index contributed by atoms with van der Waals surface area (Å²) < 4.78 is 0.808. The molecular formula is C26H31BrN2. The molecule has 0 spiro atoms. The first-order chi connectivity index (χ1) is 14.3. The van der Waals surface area contributed by atoms with E-state index in [-0.39, 0.29) is 0 Å². The minimum absolute atomic E-state index is 0.808. The fourth-order valence-electron chi connectivity index (χ4n) is 3.84. The second-order valence-corrected chi connectivity index (χ2v) is 8.40. The average molecular weight is 451 g/mol. The Kier molecular flexibility index (Phi) is 8.88. The SMILES string of the molecule is CCCCCCCCCCc1nnc(Br)c(-c2ccccc2)c1-c1ccccc1. The Bertz CT molecular complexity index is 863. The van der Waals surface area contributed by atoms with Crippen LogP contribution in [0.5, 0.6) is 0 Å². The molecular weight excluding hydrogens is 420 g/mol. The van der Waals surface area contributed by atoms with Gasteiger partial charge in [-0.15, -0.1) is 5.10 Å². The highest BCUT2D eigenvalue weighted by Gasteiger charge is 2.18. The molecule has 0 amide bonds. The summed E-state index contributed by atoms with van der Waals surface area (Å²) >= 11 is 3.66. The van der Waals surface area contributed by atoms with Gasteiger partial charge in [0.05, 0.1) is 5.69 Å². The standard InChI is InChI=1S/C26H31BrN2/c1-2-3-4-5-6-7-8-15-20-23-24(21-16-11-9-12-17-21)25(26(27)29-28-23)22-18-13-10-14-19-22/h9-14,16-19H,2-8,15,20H2,1H3. The maximum atomic E-state index is 4.60. The second kappa shape index (κ2) is 11.9. The zero-order valence-corrected chi connectivity index (χ0v) is 19.0. The molecule has 1 aromatic heterocycles. The van der Waals surface area contributed by atoms with Crippen molar-refractivity contribution in [2.75, 3.05) is 0 Å². The van der Waals surface area contributed by atoms with Crippen molar-refractivity contribution in [2.24, 2.45) is 0 Å². The van der Waals surface area contributed by atoms with Gasteiger partial charge in [-0.25, -0.2) is 0 Å². The topological polar surface area (TPSA) is 25.8 Å². The summed E-state index contributed by atoms with van der Waals surface area (Å²) in [6.45, 7) is 2.27. The largest absolute Gasteiger partial charge is 0.154 e. The molecule has 0 radical (unpaired) electrons. The van der Waals surface area contributed by atoms with E-state index in [1.807, 2.05) is 0 Å². The third kappa shape index (κ3) is 6.24. The summed E-state index contributed by atoms with van der Waals surface area (Å²) in [5, 5.41) is 9.06. The number of nitrogens with zero attached hydrogens (tertiary/aromatic N) is 2. The number of aryl methyl sites for hydroxylation is 1. The number of rotatable bonds is 11. The highest BCUT2D eigenvalue weighted by molar-refractivity contribution is 9.10. The van der Waals surface area contributed by atoms with Crippen LogP contribution in [0.15, 0.2) is 65.3 Å². The van der Waals surface area contributed by atoms with Crippen molar-refractivity contribution < 1.29 is 0 Å². The highest BCUT2D eigenvalue weighted by Crippen LogP contribution is 2.38. The normalized spacial score (nSPS) is 11.0. The summed E-state index contributed by atoms with van der Waals surface area (Å²) in [5.41, 5.74) is 5.83. The van der Waals surface area contributed by atoms with Crippen LogP contribution in [0, 0.1) is 0 Å². The lowest BCUT2D eigenvalue weighted by molar-refractivity contribution is 0.573. The van der Waals surface area contributed by atoms with Crippen LogP contribution in [0.4, 0.5) is 0 Å². The van der Waals surface area contributed by atoms with Crippen molar-refractivity contribution in [3.63, 3.8) is 0 Å². The van der Waals surface area contributed by atoms with Gasteiger partial charge >= 0.3 is 0 Å². The Morgan fingerprint density at radius 2 is 1.14 bits per heavy atom. The number of benzene rings is 2. The Balaban J connectivity index is 1.79. The van der Waals surface area contributed by atoms with Gasteiger partial charge in [0.2, 0.25) is 0 Å². The van der Waals surface area contributed by atoms with Gasteiger partial charge in [0, 0.05) is 11.1 Å². The first-order valence-electron chi connectivity index (χ1n) is 11.0. The van der Waals surface area contributed by atoms with Gasteiger partial charge in [-0.2, -0.15) is 5.10 Å². The summed E-state index contributed by atoms with van der Waals surface area (Å²) in [7, 11) is 0. The van der Waals surface area contributed by atoms with Crippen molar-refractivity contribution in [1.82, 2.24) is 10.2 Å². The predicted molar refractivity (Wildman–Crippen MR) is 127 cm³/mol. The van der Waals surface area contributed by atoms with Gasteiger partial charge in [0.1, 0.15) is 4.60 Å². The van der Waals surface area contributed by atoms with Crippen LogP contribution in [-0.4, -0.2) is 10.2 Å². The minimum atomic E-state index is 0.808. The average Bonchev–Trinajstić information content (AvgIpc) is 2.77. The summed E-state index contributed by atoms with van der Waals surface area (Å²) in [6.07, 6.45) is 11.5. The van der Waals surface area contributed by atoms with E-state index in [2.05, 4.69) is 93.7 Å². The van der Waals surface area contributed by atoms with Crippen LogP contribution in [0.25, 0.3) is 22.3 Å². The number of halogens is 1. The molecule has 0 aliphatic rings. The molecule has 1 heterocycles. The minimum Gasteiger partial charge on any atom is -0.154 e. The molecule has 0 unspecified atom stereocenters. The Morgan fingerprint density at radius 1 is 0.621 bits per heavy atom. The molecule has 0 aliphatic heterocycles. The number of hydrogen-bond acceptors (Lipinski definition) is 2. The Labute approximate surface area is 183 Å². The second-order valence-electron chi connectivity index (χ2n) is 7.64. The van der Waals surface area contributed by atoms with Gasteiger partial charge in [-0.3, -0.25) is 0 Å². The van der Waals surface area contributed by atoms with E-state index < -0.39 is 0 Å². The number of aromatic nitrogens is 2. The van der Waals surface area contributed by atoms with Gasteiger partial charge < -0.3 is 0 Å². The van der Waals surface area contributed by atoms with E-state index in [1.54, 1.807) is 0 Å². The van der Waals surface area contributed by atoms with Gasteiger partial charge in [-0.05, 0) is 39.9 Å². The molecule has 3 aromatic rings. The molecule has 152 valence electrons. The fourth-order valence-corrected chi connectivity index (χ4v) is 4.34. The Morgan fingerprint density at radius 3 is 1.72 bits per heavy atom. The molecule has 29 heavy (non-hydrogen) atoms. The fraction of sp³-hybridized carbons (Fsp3) is 0.385. The van der Waals surface area contributed by atoms with E-state index in [9.17, 15) is 0 Å². The molecule has 2 nitrogen and oxygen atoms in total. The van der Waals surface area contributed by atoms with Crippen LogP contribution in [0.1, 0.15) is 64.0 Å². The monoisotopic (exact) mass is 450 g/mol. The van der Waals surface area contributed by atoms with Crippen LogP contribution in [0.3, 0.4) is 0 Å². The van der Waals surface area contributed by atoms with Crippen LogP contribution < -0.4 is 0 Å². The van der Waals surface area contributed by atoms with E-state index >= 15 is 0 Å². The van der Waals surface area contributed by atoms with Crippen LogP contribution in [-0.2, 0) is 6.42 Å². The maximum absolute atomic E-state index is 4.60. The summed E-state index contributed by atoms with van der Waals surface area (Å²) in [4.78, 5) is 0. The highest BCUT2D eigenvalue weighted by atomic mass is 79.9. The zero-order chi connectivity index (χ0) is 20.3. The lowest BCUT2D eigenvalue weighted by atomic mass is 9.93. The predicted octanol–water partition coefficient (Wildman–Crippen LogP) is 8.26. The Hall–Kier alpha value is -2.00. The van der Waals surface area contributed by atoms with E-state index in [1.165, 1.54) is 61.6 Å². The molecule has 0 N–H and O–H groups in total. The molecule has 0 fully saturated rings. The summed E-state index contributed by atoms with van der Waals surface area (Å²) in [6, 6.07) is 21.1. The number of unbranched alkanes of at least 4 members (excludes halogenated alkanes) is 7. The van der Waals surface area contributed by atoms with Crippen molar-refractivity contribution in [3.8, 4) is 22.3 Å². The zero-order valence-electron chi connectivity index (χ0n) is 17.4. The smallest absolute Gasteiger partial charge is 0.137 e.